The van der Waals surface area contributed by atoms with Gasteiger partial charge in [0.05, 0.1) is 6.61 Å². The Morgan fingerprint density at radius 3 is 2.45 bits per heavy atom. The molecule has 0 aliphatic rings. The van der Waals surface area contributed by atoms with Crippen LogP contribution in [0, 0.1) is 20.8 Å². The average molecular weight is 460 g/mol. The summed E-state index contributed by atoms with van der Waals surface area (Å²) in [6, 6.07) is 16.8. The summed E-state index contributed by atoms with van der Waals surface area (Å²) in [6.07, 6.45) is 0. The number of thiocarbonyl (C=S) groups is 1. The Labute approximate surface area is 198 Å². The minimum Gasteiger partial charge on any atom is -0.494 e. The van der Waals surface area contributed by atoms with Gasteiger partial charge in [0, 0.05) is 16.8 Å². The molecule has 6 nitrogen and oxygen atoms in total. The highest BCUT2D eigenvalue weighted by atomic mass is 32.1. The van der Waals surface area contributed by atoms with Crippen molar-refractivity contribution >= 4 is 40.0 Å². The third kappa shape index (κ3) is 5.04. The molecule has 0 radical (unpaired) electrons. The Balaban J connectivity index is 1.50. The molecule has 4 aromatic rings. The van der Waals surface area contributed by atoms with E-state index >= 15 is 0 Å². The number of aromatic nitrogens is 1. The topological polar surface area (TPSA) is 76.4 Å². The molecule has 1 heterocycles. The molecule has 1 amide bonds. The first-order chi connectivity index (χ1) is 15.8. The fourth-order valence-corrected chi connectivity index (χ4v) is 3.59. The molecular weight excluding hydrogens is 434 g/mol. The molecular formula is C26H25N3O3S. The maximum absolute atomic E-state index is 12.5. The number of benzene rings is 3. The van der Waals surface area contributed by atoms with Crippen molar-refractivity contribution in [3.05, 3.63) is 76.9 Å². The van der Waals surface area contributed by atoms with E-state index in [9.17, 15) is 4.79 Å². The van der Waals surface area contributed by atoms with Crippen LogP contribution in [0.15, 0.2) is 59.0 Å². The first-order valence-electron chi connectivity index (χ1n) is 10.7. The van der Waals surface area contributed by atoms with E-state index in [4.69, 9.17) is 21.4 Å². The van der Waals surface area contributed by atoms with E-state index in [-0.39, 0.29) is 11.0 Å². The highest BCUT2D eigenvalue weighted by molar-refractivity contribution is 7.80. The number of amides is 1. The van der Waals surface area contributed by atoms with E-state index < -0.39 is 0 Å². The van der Waals surface area contributed by atoms with E-state index in [1.807, 2.05) is 51.1 Å². The van der Waals surface area contributed by atoms with Crippen molar-refractivity contribution in [1.82, 2.24) is 10.3 Å². The molecule has 7 heteroatoms. The average Bonchev–Trinajstić information content (AvgIpc) is 3.19. The smallest absolute Gasteiger partial charge is 0.257 e. The second kappa shape index (κ2) is 9.42. The van der Waals surface area contributed by atoms with Crippen LogP contribution in [-0.2, 0) is 0 Å². The molecule has 2 N–H and O–H groups in total. The number of rotatable bonds is 5. The quantitative estimate of drug-likeness (QED) is 0.360. The highest BCUT2D eigenvalue weighted by Crippen LogP contribution is 2.29. The van der Waals surface area contributed by atoms with Crippen molar-refractivity contribution < 1.29 is 13.9 Å². The van der Waals surface area contributed by atoms with Crippen LogP contribution in [0.3, 0.4) is 0 Å². The molecule has 0 bridgehead atoms. The van der Waals surface area contributed by atoms with E-state index in [1.165, 1.54) is 5.56 Å². The van der Waals surface area contributed by atoms with Crippen LogP contribution < -0.4 is 15.4 Å². The van der Waals surface area contributed by atoms with Crippen molar-refractivity contribution in [1.29, 1.82) is 0 Å². The third-order valence-electron chi connectivity index (χ3n) is 5.39. The van der Waals surface area contributed by atoms with Gasteiger partial charge in [-0.25, -0.2) is 4.98 Å². The number of hydrogen-bond donors (Lipinski definition) is 2. The fourth-order valence-electron chi connectivity index (χ4n) is 3.39. The van der Waals surface area contributed by atoms with Crippen LogP contribution in [0.1, 0.15) is 34.0 Å². The van der Waals surface area contributed by atoms with Gasteiger partial charge in [-0.3, -0.25) is 10.1 Å². The normalized spacial score (nSPS) is 10.8. The summed E-state index contributed by atoms with van der Waals surface area (Å²) in [5.74, 6) is 0.947. The summed E-state index contributed by atoms with van der Waals surface area (Å²) in [6.45, 7) is 8.55. The van der Waals surface area contributed by atoms with Gasteiger partial charge in [0.2, 0.25) is 5.89 Å². The molecule has 1 aromatic heterocycles. The molecule has 0 fully saturated rings. The molecule has 168 valence electrons. The molecule has 0 aliphatic carbocycles. The standard InChI is InChI=1S/C26H25N3O3S/c1-5-31-20-10-8-18(9-11-20)24(30)29-26(33)28-21-14-19(7-6-15(21)2)25-27-22-12-16(3)17(4)13-23(22)32-25/h6-14H,5H2,1-4H3,(H2,28,29,30,33). The Hall–Kier alpha value is -3.71. The van der Waals surface area contributed by atoms with Crippen molar-refractivity contribution in [2.75, 3.05) is 11.9 Å². The Bertz CT molecular complexity index is 1300. The molecule has 0 unspecified atom stereocenters. The van der Waals surface area contributed by atoms with Gasteiger partial charge in [-0.15, -0.1) is 0 Å². The molecule has 0 spiro atoms. The molecule has 4 rings (SSSR count). The van der Waals surface area contributed by atoms with Gasteiger partial charge in [0.25, 0.3) is 5.91 Å². The molecule has 3 aromatic carbocycles. The van der Waals surface area contributed by atoms with Gasteiger partial charge >= 0.3 is 0 Å². The van der Waals surface area contributed by atoms with E-state index in [0.29, 0.717) is 23.8 Å². The van der Waals surface area contributed by atoms with Crippen molar-refractivity contribution in [2.45, 2.75) is 27.7 Å². The molecule has 33 heavy (non-hydrogen) atoms. The number of anilines is 1. The number of nitrogens with one attached hydrogen (secondary N) is 2. The van der Waals surface area contributed by atoms with Gasteiger partial charge in [-0.2, -0.15) is 0 Å². The Morgan fingerprint density at radius 1 is 1.00 bits per heavy atom. The lowest BCUT2D eigenvalue weighted by Gasteiger charge is -2.13. The Morgan fingerprint density at radius 2 is 1.73 bits per heavy atom. The minimum absolute atomic E-state index is 0.206. The van der Waals surface area contributed by atoms with Gasteiger partial charge < -0.3 is 14.5 Å². The fraction of sp³-hybridized carbons (Fsp3) is 0.192. The van der Waals surface area contributed by atoms with Crippen molar-refractivity contribution in [3.63, 3.8) is 0 Å². The first kappa shape index (κ1) is 22.5. The Kier molecular flexibility index (Phi) is 6.42. The SMILES string of the molecule is CCOc1ccc(C(=O)NC(=S)Nc2cc(-c3nc4cc(C)c(C)cc4o3)ccc2C)cc1. The van der Waals surface area contributed by atoms with Gasteiger partial charge in [-0.1, -0.05) is 6.07 Å². The van der Waals surface area contributed by atoms with Gasteiger partial charge in [-0.05, 0) is 105 Å². The second-order valence-corrected chi connectivity index (χ2v) is 8.23. The van der Waals surface area contributed by atoms with Crippen LogP contribution in [0.5, 0.6) is 5.75 Å². The monoisotopic (exact) mass is 459 g/mol. The summed E-state index contributed by atoms with van der Waals surface area (Å²) in [7, 11) is 0. The number of carbonyl (C=O) groups is 1. The molecule has 0 atom stereocenters. The lowest BCUT2D eigenvalue weighted by atomic mass is 10.1. The number of aryl methyl sites for hydroxylation is 3. The maximum atomic E-state index is 12.5. The number of oxazole rings is 1. The number of nitrogens with zero attached hydrogens (tertiary/aromatic N) is 1. The van der Waals surface area contributed by atoms with Crippen LogP contribution in [0.4, 0.5) is 5.69 Å². The molecule has 0 saturated heterocycles. The number of ether oxygens (including phenoxy) is 1. The largest absolute Gasteiger partial charge is 0.494 e. The number of carbonyl (C=O) groups excluding carboxylic acids is 1. The summed E-state index contributed by atoms with van der Waals surface area (Å²) in [5, 5.41) is 6.03. The predicted molar refractivity (Wildman–Crippen MR) is 135 cm³/mol. The number of hydrogen-bond acceptors (Lipinski definition) is 5. The number of fused-ring (bicyclic) bond motifs is 1. The minimum atomic E-state index is -0.297. The van der Waals surface area contributed by atoms with Gasteiger partial charge in [0.15, 0.2) is 10.7 Å². The molecule has 0 aliphatic heterocycles. The first-order valence-corrected chi connectivity index (χ1v) is 11.1. The van der Waals surface area contributed by atoms with E-state index in [2.05, 4.69) is 22.5 Å². The van der Waals surface area contributed by atoms with E-state index in [0.717, 1.165) is 33.5 Å². The maximum Gasteiger partial charge on any atom is 0.257 e. The zero-order valence-electron chi connectivity index (χ0n) is 19.0. The second-order valence-electron chi connectivity index (χ2n) is 7.82. The lowest BCUT2D eigenvalue weighted by Crippen LogP contribution is -2.34. The predicted octanol–water partition coefficient (Wildman–Crippen LogP) is 5.95. The van der Waals surface area contributed by atoms with E-state index in [1.54, 1.807) is 24.3 Å². The molecule has 0 saturated carbocycles. The van der Waals surface area contributed by atoms with Gasteiger partial charge in [0.1, 0.15) is 11.3 Å². The van der Waals surface area contributed by atoms with Crippen molar-refractivity contribution in [3.8, 4) is 17.2 Å². The van der Waals surface area contributed by atoms with Crippen LogP contribution in [-0.4, -0.2) is 22.6 Å². The highest BCUT2D eigenvalue weighted by Gasteiger charge is 2.13. The summed E-state index contributed by atoms with van der Waals surface area (Å²) < 4.78 is 11.4. The summed E-state index contributed by atoms with van der Waals surface area (Å²) in [4.78, 5) is 17.2. The van der Waals surface area contributed by atoms with Crippen LogP contribution in [0.2, 0.25) is 0 Å². The van der Waals surface area contributed by atoms with Crippen molar-refractivity contribution in [2.24, 2.45) is 0 Å². The zero-order chi connectivity index (χ0) is 23.5. The third-order valence-corrected chi connectivity index (χ3v) is 5.60. The summed E-state index contributed by atoms with van der Waals surface area (Å²) in [5.41, 5.74) is 6.94. The summed E-state index contributed by atoms with van der Waals surface area (Å²) >= 11 is 5.37. The van der Waals surface area contributed by atoms with Crippen LogP contribution in [0.25, 0.3) is 22.6 Å². The zero-order valence-corrected chi connectivity index (χ0v) is 19.8. The lowest BCUT2D eigenvalue weighted by molar-refractivity contribution is 0.0977. The van der Waals surface area contributed by atoms with Crippen LogP contribution >= 0.6 is 12.2 Å².